The molecule has 0 radical (unpaired) electrons. The summed E-state index contributed by atoms with van der Waals surface area (Å²) in [5, 5.41) is 13.9. The maximum absolute atomic E-state index is 10.7. The maximum Gasteiger partial charge on any atom is 0.185 e. The predicted molar refractivity (Wildman–Crippen MR) is 83.4 cm³/mol. The molecule has 1 atom stereocenters. The number of rotatable bonds is 3. The smallest absolute Gasteiger partial charge is 0.185 e. The molecule has 2 heterocycles. The van der Waals surface area contributed by atoms with Crippen molar-refractivity contribution < 1.29 is 5.11 Å². The Bertz CT molecular complexity index is 417. The molecule has 20 heavy (non-hydrogen) atoms. The van der Waals surface area contributed by atoms with Crippen molar-refractivity contribution in [1.82, 2.24) is 9.88 Å². The second-order valence-electron chi connectivity index (χ2n) is 6.38. The summed E-state index contributed by atoms with van der Waals surface area (Å²) in [4.78, 5) is 9.26. The van der Waals surface area contributed by atoms with Crippen molar-refractivity contribution in [3.8, 4) is 0 Å². The minimum Gasteiger partial charge on any atom is -0.389 e. The average Bonchev–Trinajstić information content (AvgIpc) is 2.93. The van der Waals surface area contributed by atoms with Gasteiger partial charge in [-0.3, -0.25) is 4.90 Å². The number of nitrogens with zero attached hydrogens (tertiary/aromatic N) is 3. The van der Waals surface area contributed by atoms with E-state index in [-0.39, 0.29) is 0 Å². The van der Waals surface area contributed by atoms with Crippen LogP contribution in [0.1, 0.15) is 39.0 Å². The molecule has 1 aromatic rings. The summed E-state index contributed by atoms with van der Waals surface area (Å²) in [6, 6.07) is 0.474. The topological polar surface area (TPSA) is 39.6 Å². The van der Waals surface area contributed by atoms with Gasteiger partial charge in [0.2, 0.25) is 0 Å². The van der Waals surface area contributed by atoms with Crippen molar-refractivity contribution in [1.29, 1.82) is 0 Å². The van der Waals surface area contributed by atoms with Gasteiger partial charge in [0.25, 0.3) is 0 Å². The Morgan fingerprint density at radius 3 is 2.80 bits per heavy atom. The molecule has 0 bridgehead atoms. The van der Waals surface area contributed by atoms with Crippen molar-refractivity contribution in [2.24, 2.45) is 0 Å². The number of anilines is 1. The molecular formula is C15H25N3OS. The van der Waals surface area contributed by atoms with Crippen LogP contribution in [0.4, 0.5) is 5.13 Å². The summed E-state index contributed by atoms with van der Waals surface area (Å²) in [6.07, 6.45) is 7.50. The monoisotopic (exact) mass is 295 g/mol. The zero-order chi connectivity index (χ0) is 14.0. The fourth-order valence-corrected chi connectivity index (χ4v) is 4.37. The van der Waals surface area contributed by atoms with Gasteiger partial charge in [-0.05, 0) is 19.8 Å². The van der Waals surface area contributed by atoms with Crippen LogP contribution in [0.15, 0.2) is 11.6 Å². The van der Waals surface area contributed by atoms with Gasteiger partial charge in [-0.25, -0.2) is 4.98 Å². The Balaban J connectivity index is 1.56. The highest BCUT2D eigenvalue weighted by Crippen LogP contribution is 2.30. The molecule has 2 fully saturated rings. The van der Waals surface area contributed by atoms with E-state index in [9.17, 15) is 5.11 Å². The Morgan fingerprint density at radius 2 is 2.15 bits per heavy atom. The van der Waals surface area contributed by atoms with Crippen LogP contribution in [-0.2, 0) is 0 Å². The van der Waals surface area contributed by atoms with Gasteiger partial charge in [-0.1, -0.05) is 19.3 Å². The third-order valence-electron chi connectivity index (χ3n) is 4.68. The minimum atomic E-state index is -0.429. The van der Waals surface area contributed by atoms with Crippen LogP contribution in [0.2, 0.25) is 0 Å². The molecule has 5 heteroatoms. The summed E-state index contributed by atoms with van der Waals surface area (Å²) >= 11 is 1.72. The fourth-order valence-electron chi connectivity index (χ4n) is 3.60. The minimum absolute atomic E-state index is 0.429. The molecule has 1 aliphatic carbocycles. The molecule has 1 N–H and O–H groups in total. The molecule has 2 aliphatic rings. The molecular weight excluding hydrogens is 270 g/mol. The van der Waals surface area contributed by atoms with Gasteiger partial charge < -0.3 is 10.0 Å². The molecule has 3 rings (SSSR count). The quantitative estimate of drug-likeness (QED) is 0.929. The maximum atomic E-state index is 10.7. The fraction of sp³-hybridized carbons (Fsp3) is 0.800. The second-order valence-corrected chi connectivity index (χ2v) is 7.25. The van der Waals surface area contributed by atoms with Gasteiger partial charge >= 0.3 is 0 Å². The molecule has 4 nitrogen and oxygen atoms in total. The van der Waals surface area contributed by atoms with Gasteiger partial charge in [0.1, 0.15) is 0 Å². The SMILES string of the molecule is C[C@H]1CN(CC2(O)CCCCC2)CCN1c1nccs1. The van der Waals surface area contributed by atoms with Crippen molar-refractivity contribution >= 4 is 16.5 Å². The number of piperazine rings is 1. The summed E-state index contributed by atoms with van der Waals surface area (Å²) in [5.41, 5.74) is -0.429. The van der Waals surface area contributed by atoms with Gasteiger partial charge in [-0.15, -0.1) is 11.3 Å². The van der Waals surface area contributed by atoms with E-state index in [0.29, 0.717) is 6.04 Å². The first-order valence-electron chi connectivity index (χ1n) is 7.77. The lowest BCUT2D eigenvalue weighted by Gasteiger charge is -2.43. The van der Waals surface area contributed by atoms with E-state index in [1.807, 2.05) is 11.6 Å². The van der Waals surface area contributed by atoms with Crippen LogP contribution in [0, 0.1) is 0 Å². The molecule has 112 valence electrons. The van der Waals surface area contributed by atoms with Crippen molar-refractivity contribution in [3.05, 3.63) is 11.6 Å². The van der Waals surface area contributed by atoms with E-state index in [0.717, 1.165) is 44.2 Å². The predicted octanol–water partition coefficient (Wildman–Crippen LogP) is 2.35. The van der Waals surface area contributed by atoms with E-state index in [1.165, 1.54) is 19.3 Å². The second kappa shape index (κ2) is 6.00. The summed E-state index contributed by atoms with van der Waals surface area (Å²) in [5.74, 6) is 0. The van der Waals surface area contributed by atoms with E-state index >= 15 is 0 Å². The lowest BCUT2D eigenvalue weighted by Crippen LogP contribution is -2.56. The number of hydrogen-bond donors (Lipinski definition) is 1. The Kier molecular flexibility index (Phi) is 4.29. The van der Waals surface area contributed by atoms with Crippen LogP contribution in [-0.4, -0.2) is 52.8 Å². The van der Waals surface area contributed by atoms with Crippen molar-refractivity contribution in [2.75, 3.05) is 31.1 Å². The highest BCUT2D eigenvalue weighted by atomic mass is 32.1. The Hall–Kier alpha value is -0.650. The lowest BCUT2D eigenvalue weighted by molar-refractivity contribution is -0.0292. The van der Waals surface area contributed by atoms with Crippen LogP contribution in [0.5, 0.6) is 0 Å². The van der Waals surface area contributed by atoms with Crippen LogP contribution >= 0.6 is 11.3 Å². The molecule has 1 aromatic heterocycles. The first kappa shape index (κ1) is 14.3. The molecule has 1 aliphatic heterocycles. The first-order valence-corrected chi connectivity index (χ1v) is 8.65. The van der Waals surface area contributed by atoms with E-state index in [4.69, 9.17) is 0 Å². The summed E-state index contributed by atoms with van der Waals surface area (Å²) in [7, 11) is 0. The average molecular weight is 295 g/mol. The highest BCUT2D eigenvalue weighted by molar-refractivity contribution is 7.13. The van der Waals surface area contributed by atoms with Crippen molar-refractivity contribution in [3.63, 3.8) is 0 Å². The number of β-amino-alcohol motifs (C(OH)–C–C–N with tert-alkyl or cyclic N) is 1. The molecule has 0 spiro atoms. The third kappa shape index (κ3) is 3.15. The van der Waals surface area contributed by atoms with Gasteiger partial charge in [0.05, 0.1) is 5.60 Å². The highest BCUT2D eigenvalue weighted by Gasteiger charge is 2.34. The molecule has 1 saturated carbocycles. The largest absolute Gasteiger partial charge is 0.389 e. The molecule has 0 unspecified atom stereocenters. The number of thiazole rings is 1. The third-order valence-corrected chi connectivity index (χ3v) is 5.49. The standard InChI is InChI=1S/C15H25N3OS/c1-13-11-17(12-15(19)5-3-2-4-6-15)8-9-18(13)14-16-7-10-20-14/h7,10,13,19H,2-6,8-9,11-12H2,1H3/t13-/m0/s1. The summed E-state index contributed by atoms with van der Waals surface area (Å²) < 4.78 is 0. The van der Waals surface area contributed by atoms with Gasteiger partial charge in [0, 0.05) is 43.8 Å². The number of aliphatic hydroxyl groups is 1. The van der Waals surface area contributed by atoms with Crippen LogP contribution < -0.4 is 4.90 Å². The molecule has 0 aromatic carbocycles. The van der Waals surface area contributed by atoms with Gasteiger partial charge in [0.15, 0.2) is 5.13 Å². The zero-order valence-electron chi connectivity index (χ0n) is 12.3. The Morgan fingerprint density at radius 1 is 1.35 bits per heavy atom. The van der Waals surface area contributed by atoms with E-state index < -0.39 is 5.60 Å². The Labute approximate surface area is 125 Å². The number of hydrogen-bond acceptors (Lipinski definition) is 5. The molecule has 0 amide bonds. The summed E-state index contributed by atoms with van der Waals surface area (Å²) in [6.45, 7) is 6.19. The van der Waals surface area contributed by atoms with Gasteiger partial charge in [-0.2, -0.15) is 0 Å². The molecule has 1 saturated heterocycles. The number of aromatic nitrogens is 1. The van der Waals surface area contributed by atoms with E-state index in [2.05, 4.69) is 21.7 Å². The van der Waals surface area contributed by atoms with Crippen LogP contribution in [0.25, 0.3) is 0 Å². The van der Waals surface area contributed by atoms with Crippen molar-refractivity contribution in [2.45, 2.75) is 50.7 Å². The first-order chi connectivity index (χ1) is 9.66. The normalized spacial score (nSPS) is 27.7. The lowest BCUT2D eigenvalue weighted by atomic mass is 9.84. The van der Waals surface area contributed by atoms with Crippen LogP contribution in [0.3, 0.4) is 0 Å². The van der Waals surface area contributed by atoms with E-state index in [1.54, 1.807) is 11.3 Å². The zero-order valence-corrected chi connectivity index (χ0v) is 13.1.